The second-order valence-electron chi connectivity index (χ2n) is 12.7. The molecule has 0 radical (unpaired) electrons. The van der Waals surface area contributed by atoms with Crippen molar-refractivity contribution in [1.82, 2.24) is 29.7 Å². The van der Waals surface area contributed by atoms with E-state index in [0.29, 0.717) is 56.1 Å². The van der Waals surface area contributed by atoms with Crippen LogP contribution in [0.15, 0.2) is 47.3 Å². The molecule has 2 aliphatic heterocycles. The quantitative estimate of drug-likeness (QED) is 0.217. The highest BCUT2D eigenvalue weighted by atomic mass is 79.9. The normalized spacial score (nSPS) is 16.2. The van der Waals surface area contributed by atoms with Gasteiger partial charge in [-0.3, -0.25) is 19.7 Å². The zero-order valence-corrected chi connectivity index (χ0v) is 30.1. The number of likely N-dealkylation sites (tertiary alicyclic amines) is 1. The molecule has 2 saturated heterocycles. The number of halogens is 1. The number of carbonyl (C=O) groups excluding carboxylic acids is 1. The largest absolute Gasteiger partial charge is 0.494 e. The van der Waals surface area contributed by atoms with E-state index in [1.807, 2.05) is 24.1 Å². The molecule has 0 unspecified atom stereocenters. The number of benzene rings is 2. The first kappa shape index (κ1) is 33.1. The van der Waals surface area contributed by atoms with Crippen molar-refractivity contribution in [3.63, 3.8) is 0 Å². The number of carbonyl (C=O) groups is 1. The topological polar surface area (TPSA) is 129 Å². The van der Waals surface area contributed by atoms with Crippen LogP contribution in [0, 0.1) is 6.92 Å². The minimum atomic E-state index is -2.74. The lowest BCUT2D eigenvalue weighted by molar-refractivity contribution is -0.133. The first-order valence-corrected chi connectivity index (χ1v) is 19.1. The van der Waals surface area contributed by atoms with Crippen molar-refractivity contribution < 1.29 is 14.1 Å². The second-order valence-corrected chi connectivity index (χ2v) is 16.7. The zero-order chi connectivity index (χ0) is 33.5. The van der Waals surface area contributed by atoms with Crippen molar-refractivity contribution in [1.29, 1.82) is 0 Å². The molecule has 4 aromatic rings. The summed E-state index contributed by atoms with van der Waals surface area (Å²) in [7, 11) is 0.818. The summed E-state index contributed by atoms with van der Waals surface area (Å²) in [6.45, 7) is 11.0. The van der Waals surface area contributed by atoms with E-state index in [-0.39, 0.29) is 5.91 Å². The minimum absolute atomic E-state index is 0.131. The number of ether oxygens (including phenoxy) is 1. The summed E-state index contributed by atoms with van der Waals surface area (Å²) in [6.07, 6.45) is 7.07. The lowest BCUT2D eigenvalue weighted by Crippen LogP contribution is -2.63. The Bertz CT molecular complexity index is 1860. The van der Waals surface area contributed by atoms with Gasteiger partial charge in [0.05, 0.1) is 39.8 Å². The maximum Gasteiger partial charge on any atom is 0.229 e. The molecule has 14 heteroatoms. The fourth-order valence-corrected chi connectivity index (χ4v) is 8.16. The van der Waals surface area contributed by atoms with Gasteiger partial charge in [0, 0.05) is 76.5 Å². The summed E-state index contributed by atoms with van der Waals surface area (Å²) >= 11 is 3.57. The van der Waals surface area contributed by atoms with Crippen LogP contribution < -0.4 is 25.6 Å². The number of aryl methyl sites for hydroxylation is 1. The Kier molecular flexibility index (Phi) is 9.42. The van der Waals surface area contributed by atoms with Gasteiger partial charge in [0.1, 0.15) is 24.2 Å². The van der Waals surface area contributed by atoms with E-state index in [4.69, 9.17) is 9.72 Å². The fourth-order valence-electron chi connectivity index (χ4n) is 6.48. The van der Waals surface area contributed by atoms with E-state index in [9.17, 15) is 9.36 Å². The molecule has 12 nitrogen and oxygen atoms in total. The summed E-state index contributed by atoms with van der Waals surface area (Å²) in [4.78, 5) is 36.6. The predicted octanol–water partition coefficient (Wildman–Crippen LogP) is 5.37. The Morgan fingerprint density at radius 1 is 1.06 bits per heavy atom. The van der Waals surface area contributed by atoms with E-state index in [1.54, 1.807) is 46.0 Å². The average Bonchev–Trinajstić information content (AvgIpc) is 3.01. The van der Waals surface area contributed by atoms with E-state index >= 15 is 0 Å². The molecule has 0 aliphatic carbocycles. The van der Waals surface area contributed by atoms with Gasteiger partial charge >= 0.3 is 0 Å². The molecule has 2 fully saturated rings. The third-order valence-electron chi connectivity index (χ3n) is 9.17. The number of piperidine rings is 1. The number of fused-ring (bicyclic) bond motifs is 1. The Labute approximate surface area is 283 Å². The van der Waals surface area contributed by atoms with Crippen LogP contribution in [-0.2, 0) is 9.36 Å². The highest BCUT2D eigenvalue weighted by molar-refractivity contribution is 9.10. The van der Waals surface area contributed by atoms with Gasteiger partial charge < -0.3 is 29.7 Å². The average molecular weight is 723 g/mol. The highest BCUT2D eigenvalue weighted by Crippen LogP contribution is 2.42. The van der Waals surface area contributed by atoms with Crippen LogP contribution in [0.5, 0.6) is 5.75 Å². The number of anilines is 5. The van der Waals surface area contributed by atoms with Crippen LogP contribution in [0.3, 0.4) is 0 Å². The fraction of sp³-hybridized carbons (Fsp3) is 0.424. The minimum Gasteiger partial charge on any atom is -0.494 e. The van der Waals surface area contributed by atoms with E-state index < -0.39 is 7.14 Å². The van der Waals surface area contributed by atoms with Crippen LogP contribution >= 0.6 is 23.1 Å². The summed E-state index contributed by atoms with van der Waals surface area (Å²) < 4.78 is 19.9. The van der Waals surface area contributed by atoms with Crippen molar-refractivity contribution in [2.45, 2.75) is 38.8 Å². The van der Waals surface area contributed by atoms with Crippen LogP contribution in [0.2, 0.25) is 0 Å². The van der Waals surface area contributed by atoms with Gasteiger partial charge in [-0.15, -0.1) is 0 Å². The lowest BCUT2D eigenvalue weighted by Gasteiger charge is -2.50. The number of nitrogens with zero attached hydrogens (tertiary/aromatic N) is 7. The molecule has 0 saturated carbocycles. The Morgan fingerprint density at radius 2 is 1.79 bits per heavy atom. The molecule has 248 valence electrons. The number of rotatable bonds is 9. The third-order valence-corrected chi connectivity index (χ3v) is 11.3. The van der Waals surface area contributed by atoms with Crippen LogP contribution in [0.1, 0.15) is 25.3 Å². The number of hydrogen-bond donors (Lipinski definition) is 2. The van der Waals surface area contributed by atoms with Gasteiger partial charge in [-0.2, -0.15) is 4.98 Å². The Morgan fingerprint density at radius 3 is 2.47 bits per heavy atom. The van der Waals surface area contributed by atoms with Crippen LogP contribution in [0.25, 0.3) is 11.0 Å². The molecule has 47 heavy (non-hydrogen) atoms. The highest BCUT2D eigenvalue weighted by Gasteiger charge is 2.37. The molecule has 4 heterocycles. The number of hydrogen-bond acceptors (Lipinski definition) is 11. The maximum atomic E-state index is 13.4. The van der Waals surface area contributed by atoms with Gasteiger partial charge in [-0.1, -0.05) is 0 Å². The Hall–Kier alpha value is -3.80. The number of nitrogens with one attached hydrogen (secondary N) is 2. The summed E-state index contributed by atoms with van der Waals surface area (Å²) in [5.74, 6) is 1.72. The van der Waals surface area contributed by atoms with Crippen molar-refractivity contribution in [2.75, 3.05) is 69.2 Å². The molecular formula is C33H41BrN9O3P. The summed E-state index contributed by atoms with van der Waals surface area (Å²) in [6, 6.07) is 8.74. The molecule has 0 bridgehead atoms. The number of likely N-dealkylation sites (N-methyl/N-ethyl adjacent to an activating group) is 1. The van der Waals surface area contributed by atoms with Gasteiger partial charge in [-0.05, 0) is 72.8 Å². The predicted molar refractivity (Wildman–Crippen MR) is 192 cm³/mol. The number of aromatic nitrogens is 4. The summed E-state index contributed by atoms with van der Waals surface area (Å²) in [5, 5.41) is 7.32. The van der Waals surface area contributed by atoms with Crippen LogP contribution in [-0.4, -0.2) is 101 Å². The molecule has 2 aromatic carbocycles. The monoisotopic (exact) mass is 721 g/mol. The van der Waals surface area contributed by atoms with Crippen molar-refractivity contribution in [3.8, 4) is 5.75 Å². The molecule has 0 atom stereocenters. The number of amides is 1. The first-order chi connectivity index (χ1) is 22.4. The van der Waals surface area contributed by atoms with Crippen molar-refractivity contribution in [3.05, 3.63) is 52.9 Å². The van der Waals surface area contributed by atoms with E-state index in [0.717, 1.165) is 56.0 Å². The van der Waals surface area contributed by atoms with Gasteiger partial charge in [-0.25, -0.2) is 4.98 Å². The SMILES string of the molecule is COc1cc(N2CCC(N3CC(N(C)C(C)=O)C3)CC2)c(C)cc1Nc1ncc(Br)c(Nc2ccc3nccnc3c2P(C)(C)=O)n1. The maximum absolute atomic E-state index is 13.4. The second kappa shape index (κ2) is 13.4. The van der Waals surface area contributed by atoms with Gasteiger partial charge in [0.2, 0.25) is 11.9 Å². The molecule has 0 spiro atoms. The van der Waals surface area contributed by atoms with E-state index in [2.05, 4.69) is 70.4 Å². The molecular weight excluding hydrogens is 681 g/mol. The smallest absolute Gasteiger partial charge is 0.229 e. The Balaban J connectivity index is 1.17. The standard InChI is InChI=1S/C33H41BrN9O3P/c1-20-15-27(29(46-4)16-28(20)42-13-9-22(10-14-42)43-18-23(19-43)41(3)21(2)44)39-33-37-17-24(34)32(40-33)38-26-8-7-25-30(36-12-11-35-25)31(26)47(5,6)45/h7-8,11-12,15-17,22-23H,9-10,13-14,18-19H2,1-6H3,(H2,37,38,39,40). The van der Waals surface area contributed by atoms with Gasteiger partial charge in [0.15, 0.2) is 0 Å². The summed E-state index contributed by atoms with van der Waals surface area (Å²) in [5.41, 5.74) is 4.96. The molecule has 6 rings (SSSR count). The van der Waals surface area contributed by atoms with Crippen LogP contribution in [0.4, 0.5) is 28.8 Å². The zero-order valence-electron chi connectivity index (χ0n) is 27.6. The third kappa shape index (κ3) is 6.93. The lowest BCUT2D eigenvalue weighted by atomic mass is 9.96. The molecule has 2 aliphatic rings. The van der Waals surface area contributed by atoms with E-state index in [1.165, 1.54) is 0 Å². The van der Waals surface area contributed by atoms with Crippen molar-refractivity contribution in [2.24, 2.45) is 0 Å². The molecule has 2 N–H and O–H groups in total. The number of methoxy groups -OCH3 is 1. The molecule has 2 aromatic heterocycles. The van der Waals surface area contributed by atoms with Gasteiger partial charge in [0.25, 0.3) is 0 Å². The molecule has 1 amide bonds. The first-order valence-electron chi connectivity index (χ1n) is 15.7. The van der Waals surface area contributed by atoms with Crippen molar-refractivity contribution >= 4 is 74.1 Å².